The molecule has 1 saturated heterocycles. The molecule has 7 nitrogen and oxygen atoms in total. The van der Waals surface area contributed by atoms with Crippen LogP contribution in [0.3, 0.4) is 0 Å². The Morgan fingerprint density at radius 1 is 1.27 bits per heavy atom. The molecule has 2 heterocycles. The number of nitrogens with zero attached hydrogens (tertiary/aromatic N) is 3. The zero-order chi connectivity index (χ0) is 18.7. The number of thiazole rings is 1. The second kappa shape index (κ2) is 7.99. The van der Waals surface area contributed by atoms with Gasteiger partial charge in [-0.15, -0.1) is 0 Å². The minimum absolute atomic E-state index is 0.0591. The first-order valence-corrected chi connectivity index (χ1v) is 11.0. The van der Waals surface area contributed by atoms with Crippen molar-refractivity contribution in [1.82, 2.24) is 14.2 Å². The Bertz CT molecular complexity index is 887. The van der Waals surface area contributed by atoms with Crippen molar-refractivity contribution in [3.63, 3.8) is 0 Å². The summed E-state index contributed by atoms with van der Waals surface area (Å²) in [5.74, 6) is -0.0591. The third-order valence-electron chi connectivity index (χ3n) is 4.46. The number of fused-ring (bicyclic) bond motifs is 1. The predicted octanol–water partition coefficient (Wildman–Crippen LogP) is 2.36. The molecule has 0 atom stereocenters. The van der Waals surface area contributed by atoms with E-state index in [-0.39, 0.29) is 10.8 Å². The monoisotopic (exact) mass is 396 g/mol. The van der Waals surface area contributed by atoms with Gasteiger partial charge in [-0.05, 0) is 31.7 Å². The van der Waals surface area contributed by atoms with E-state index in [1.807, 2.05) is 14.0 Å². The largest absolute Gasteiger partial charge is 0.304 e. The van der Waals surface area contributed by atoms with E-state index < -0.39 is 10.0 Å². The summed E-state index contributed by atoms with van der Waals surface area (Å²) in [6.07, 6.45) is 2.26. The molecule has 0 unspecified atom stereocenters. The Morgan fingerprint density at radius 2 is 2.00 bits per heavy atom. The van der Waals surface area contributed by atoms with Crippen LogP contribution in [0.25, 0.3) is 10.2 Å². The molecule has 1 aromatic heterocycles. The van der Waals surface area contributed by atoms with Gasteiger partial charge in [0.25, 0.3) is 0 Å². The van der Waals surface area contributed by atoms with Gasteiger partial charge in [0.15, 0.2) is 5.13 Å². The molecule has 9 heteroatoms. The van der Waals surface area contributed by atoms with E-state index in [0.29, 0.717) is 30.2 Å². The first-order valence-electron chi connectivity index (χ1n) is 8.79. The van der Waals surface area contributed by atoms with E-state index in [4.69, 9.17) is 0 Å². The Kier molecular flexibility index (Phi) is 5.91. The van der Waals surface area contributed by atoms with Crippen molar-refractivity contribution in [2.24, 2.45) is 0 Å². The van der Waals surface area contributed by atoms with Crippen molar-refractivity contribution in [3.8, 4) is 0 Å². The molecule has 0 radical (unpaired) electrons. The molecule has 2 aromatic rings. The van der Waals surface area contributed by atoms with Crippen molar-refractivity contribution in [2.45, 2.75) is 31.1 Å². The Morgan fingerprint density at radius 3 is 2.69 bits per heavy atom. The fourth-order valence-electron chi connectivity index (χ4n) is 2.82. The first kappa shape index (κ1) is 19.2. The molecule has 0 spiro atoms. The lowest BCUT2D eigenvalue weighted by Crippen LogP contribution is -2.46. The van der Waals surface area contributed by atoms with Crippen LogP contribution < -0.4 is 5.32 Å². The maximum absolute atomic E-state index is 12.9. The van der Waals surface area contributed by atoms with Gasteiger partial charge < -0.3 is 10.2 Å². The lowest BCUT2D eigenvalue weighted by atomic mass is 10.2. The molecule has 1 aromatic carbocycles. The summed E-state index contributed by atoms with van der Waals surface area (Å²) in [5, 5.41) is 3.31. The SMILES string of the molecule is CCCCC(=O)Nc1nc2ccc(S(=O)(=O)N3CCN(C)CC3)cc2s1. The number of carbonyl (C=O) groups excluding carboxylic acids is 1. The number of amides is 1. The summed E-state index contributed by atoms with van der Waals surface area (Å²) < 4.78 is 28.0. The summed E-state index contributed by atoms with van der Waals surface area (Å²) >= 11 is 1.30. The number of unbranched alkanes of at least 4 members (excludes halogenated alkanes) is 1. The highest BCUT2D eigenvalue weighted by molar-refractivity contribution is 7.89. The molecule has 26 heavy (non-hydrogen) atoms. The standard InChI is InChI=1S/C17H24N4O3S2/c1-3-4-5-16(22)19-17-18-14-7-6-13(12-15(14)25-17)26(23,24)21-10-8-20(2)9-11-21/h6-7,12H,3-5,8-11H2,1-2H3,(H,18,19,22). The molecule has 142 valence electrons. The Balaban J connectivity index is 1.79. The number of likely N-dealkylation sites (N-methyl/N-ethyl adjacent to an activating group) is 1. The number of hydrogen-bond donors (Lipinski definition) is 1. The predicted molar refractivity (Wildman–Crippen MR) is 104 cm³/mol. The van der Waals surface area contributed by atoms with E-state index in [1.54, 1.807) is 18.2 Å². The van der Waals surface area contributed by atoms with Gasteiger partial charge in [0.05, 0.1) is 15.1 Å². The molecule has 1 aliphatic rings. The number of piperazine rings is 1. The zero-order valence-electron chi connectivity index (χ0n) is 15.1. The van der Waals surface area contributed by atoms with Gasteiger partial charge >= 0.3 is 0 Å². The number of hydrogen-bond acceptors (Lipinski definition) is 6. The Hall–Kier alpha value is -1.55. The normalized spacial score (nSPS) is 16.8. The fourth-order valence-corrected chi connectivity index (χ4v) is 5.26. The maximum atomic E-state index is 12.9. The molecule has 1 N–H and O–H groups in total. The number of rotatable bonds is 6. The minimum Gasteiger partial charge on any atom is -0.304 e. The first-order chi connectivity index (χ1) is 12.4. The highest BCUT2D eigenvalue weighted by Crippen LogP contribution is 2.29. The highest BCUT2D eigenvalue weighted by atomic mass is 32.2. The summed E-state index contributed by atoms with van der Waals surface area (Å²) in [7, 11) is -1.51. The third kappa shape index (κ3) is 4.22. The molecule has 1 amide bonds. The van der Waals surface area contributed by atoms with Crippen molar-refractivity contribution >= 4 is 42.6 Å². The number of benzene rings is 1. The number of nitrogens with one attached hydrogen (secondary N) is 1. The van der Waals surface area contributed by atoms with E-state index >= 15 is 0 Å². The van der Waals surface area contributed by atoms with E-state index in [9.17, 15) is 13.2 Å². The van der Waals surface area contributed by atoms with Crippen LogP contribution in [0.15, 0.2) is 23.1 Å². The number of anilines is 1. The van der Waals surface area contributed by atoms with Crippen molar-refractivity contribution in [1.29, 1.82) is 0 Å². The lowest BCUT2D eigenvalue weighted by molar-refractivity contribution is -0.116. The van der Waals surface area contributed by atoms with Crippen LogP contribution in [-0.2, 0) is 14.8 Å². The smallest absolute Gasteiger partial charge is 0.243 e. The van der Waals surface area contributed by atoms with Crippen molar-refractivity contribution < 1.29 is 13.2 Å². The topological polar surface area (TPSA) is 82.6 Å². The van der Waals surface area contributed by atoms with Gasteiger partial charge in [-0.2, -0.15) is 4.31 Å². The average Bonchev–Trinajstić information content (AvgIpc) is 3.01. The second-order valence-electron chi connectivity index (χ2n) is 6.51. The van der Waals surface area contributed by atoms with Gasteiger partial charge in [0, 0.05) is 32.6 Å². The summed E-state index contributed by atoms with van der Waals surface area (Å²) in [4.78, 5) is 18.6. The summed E-state index contributed by atoms with van der Waals surface area (Å²) in [6.45, 7) is 4.50. The molecule has 1 fully saturated rings. The van der Waals surface area contributed by atoms with Gasteiger partial charge in [-0.1, -0.05) is 24.7 Å². The molecule has 1 aliphatic heterocycles. The molecule has 3 rings (SSSR count). The maximum Gasteiger partial charge on any atom is 0.243 e. The van der Waals surface area contributed by atoms with Gasteiger partial charge in [0.1, 0.15) is 0 Å². The number of sulfonamides is 1. The quantitative estimate of drug-likeness (QED) is 0.810. The highest BCUT2D eigenvalue weighted by Gasteiger charge is 2.27. The molecule has 0 bridgehead atoms. The van der Waals surface area contributed by atoms with Gasteiger partial charge in [-0.25, -0.2) is 13.4 Å². The van der Waals surface area contributed by atoms with Crippen LogP contribution in [0.4, 0.5) is 5.13 Å². The third-order valence-corrected chi connectivity index (χ3v) is 7.29. The number of aromatic nitrogens is 1. The summed E-state index contributed by atoms with van der Waals surface area (Å²) in [6, 6.07) is 4.96. The minimum atomic E-state index is -3.50. The van der Waals surface area contributed by atoms with Crippen molar-refractivity contribution in [3.05, 3.63) is 18.2 Å². The van der Waals surface area contributed by atoms with Gasteiger partial charge in [0.2, 0.25) is 15.9 Å². The molecular weight excluding hydrogens is 372 g/mol. The van der Waals surface area contributed by atoms with E-state index in [0.717, 1.165) is 30.6 Å². The van der Waals surface area contributed by atoms with Crippen LogP contribution >= 0.6 is 11.3 Å². The van der Waals surface area contributed by atoms with E-state index in [2.05, 4.69) is 15.2 Å². The van der Waals surface area contributed by atoms with Crippen LogP contribution in [-0.4, -0.2) is 61.7 Å². The molecular formula is C17H24N4O3S2. The van der Waals surface area contributed by atoms with Gasteiger partial charge in [-0.3, -0.25) is 4.79 Å². The summed E-state index contributed by atoms with van der Waals surface area (Å²) in [5.41, 5.74) is 0.693. The van der Waals surface area contributed by atoms with Crippen LogP contribution in [0, 0.1) is 0 Å². The zero-order valence-corrected chi connectivity index (χ0v) is 16.7. The van der Waals surface area contributed by atoms with Crippen molar-refractivity contribution in [2.75, 3.05) is 38.5 Å². The Labute approximate surface area is 158 Å². The van der Waals surface area contributed by atoms with Crippen LogP contribution in [0.1, 0.15) is 26.2 Å². The molecule has 0 aliphatic carbocycles. The average molecular weight is 397 g/mol. The lowest BCUT2D eigenvalue weighted by Gasteiger charge is -2.31. The number of carbonyl (C=O) groups is 1. The van der Waals surface area contributed by atoms with Crippen LogP contribution in [0.5, 0.6) is 0 Å². The molecule has 0 saturated carbocycles. The fraction of sp³-hybridized carbons (Fsp3) is 0.529. The van der Waals surface area contributed by atoms with E-state index in [1.165, 1.54) is 15.6 Å². The second-order valence-corrected chi connectivity index (χ2v) is 9.48. The van der Waals surface area contributed by atoms with Crippen LogP contribution in [0.2, 0.25) is 0 Å².